The lowest BCUT2D eigenvalue weighted by molar-refractivity contribution is 0.0697. The average Bonchev–Trinajstić information content (AvgIpc) is 3.00. The van der Waals surface area contributed by atoms with Gasteiger partial charge in [-0.3, -0.25) is 9.36 Å². The molecule has 0 amide bonds. The van der Waals surface area contributed by atoms with Gasteiger partial charge in [0.15, 0.2) is 0 Å². The molecule has 0 saturated heterocycles. The van der Waals surface area contributed by atoms with E-state index >= 15 is 0 Å². The second kappa shape index (κ2) is 11.5. The molecule has 1 atom stereocenters. The summed E-state index contributed by atoms with van der Waals surface area (Å²) in [6, 6.07) is 25.1. The van der Waals surface area contributed by atoms with Gasteiger partial charge < -0.3 is 5.11 Å². The fourth-order valence-corrected chi connectivity index (χ4v) is 6.42. The molecule has 226 valence electrons. The Morgan fingerprint density at radius 1 is 0.909 bits per heavy atom. The first-order chi connectivity index (χ1) is 20.7. The van der Waals surface area contributed by atoms with Crippen molar-refractivity contribution in [2.75, 3.05) is 7.05 Å². The second-order valence-corrected chi connectivity index (χ2v) is 14.0. The van der Waals surface area contributed by atoms with Crippen molar-refractivity contribution in [2.24, 2.45) is 0 Å². The fourth-order valence-electron chi connectivity index (χ4n) is 5.10. The van der Waals surface area contributed by atoms with Gasteiger partial charge in [0, 0.05) is 7.05 Å². The number of hydrogen-bond donors (Lipinski definition) is 1. The summed E-state index contributed by atoms with van der Waals surface area (Å²) in [5, 5.41) is 9.77. The minimum atomic E-state index is -3.94. The van der Waals surface area contributed by atoms with E-state index in [1.54, 1.807) is 67.6 Å². The Hall–Kier alpha value is -4.60. The molecular formula is C35H35N3O5S. The molecule has 4 aromatic carbocycles. The highest BCUT2D eigenvalue weighted by molar-refractivity contribution is 7.89. The standard InChI is InChI=1S/C35H35N3O5S/c1-22-10-15-28(16-11-22)38-32(23(2)37(6)44(42,43)29-17-13-27(14-18-29)35(3,4)5)36-31-19-12-25(21-30(31)33(38)39)24-8-7-9-26(20-24)34(40)41/h7-21,23H,1-6H3,(H,40,41). The zero-order valence-corrected chi connectivity index (χ0v) is 26.4. The van der Waals surface area contributed by atoms with Crippen molar-refractivity contribution in [3.05, 3.63) is 124 Å². The van der Waals surface area contributed by atoms with Crippen molar-refractivity contribution in [1.82, 2.24) is 13.9 Å². The van der Waals surface area contributed by atoms with E-state index in [4.69, 9.17) is 4.98 Å². The van der Waals surface area contributed by atoms with Crippen LogP contribution in [-0.4, -0.2) is 40.4 Å². The van der Waals surface area contributed by atoms with E-state index in [-0.39, 0.29) is 27.3 Å². The number of rotatable bonds is 7. The van der Waals surface area contributed by atoms with E-state index in [9.17, 15) is 23.1 Å². The molecule has 0 fully saturated rings. The number of aromatic carboxylic acids is 1. The Labute approximate surface area is 257 Å². The van der Waals surface area contributed by atoms with E-state index in [0.29, 0.717) is 27.7 Å². The normalized spacial score (nSPS) is 12.9. The third kappa shape index (κ3) is 5.80. The minimum Gasteiger partial charge on any atom is -0.478 e. The molecule has 9 heteroatoms. The van der Waals surface area contributed by atoms with Crippen LogP contribution in [0.4, 0.5) is 0 Å². The minimum absolute atomic E-state index is 0.125. The Balaban J connectivity index is 1.65. The summed E-state index contributed by atoms with van der Waals surface area (Å²) in [4.78, 5) is 30.8. The van der Waals surface area contributed by atoms with Crippen molar-refractivity contribution in [3.8, 4) is 16.8 Å². The van der Waals surface area contributed by atoms with Crippen LogP contribution in [0.3, 0.4) is 0 Å². The Bertz CT molecular complexity index is 2040. The van der Waals surface area contributed by atoms with Gasteiger partial charge in [-0.2, -0.15) is 4.31 Å². The summed E-state index contributed by atoms with van der Waals surface area (Å²) < 4.78 is 30.3. The summed E-state index contributed by atoms with van der Waals surface area (Å²) in [5.74, 6) is -0.775. The van der Waals surface area contributed by atoms with Crippen LogP contribution in [0.25, 0.3) is 27.7 Å². The molecule has 0 aliphatic heterocycles. The molecule has 0 aliphatic carbocycles. The molecule has 1 aromatic heterocycles. The SMILES string of the molecule is Cc1ccc(-n2c(C(C)N(C)S(=O)(=O)c3ccc(C(C)(C)C)cc3)nc3ccc(-c4cccc(C(=O)O)c4)cc3c2=O)cc1. The molecule has 0 radical (unpaired) electrons. The maximum atomic E-state index is 14.2. The Morgan fingerprint density at radius 3 is 2.16 bits per heavy atom. The molecule has 44 heavy (non-hydrogen) atoms. The molecular weight excluding hydrogens is 574 g/mol. The summed E-state index contributed by atoms with van der Waals surface area (Å²) >= 11 is 0. The zero-order valence-electron chi connectivity index (χ0n) is 25.6. The molecule has 8 nitrogen and oxygen atoms in total. The number of fused-ring (bicyclic) bond motifs is 1. The lowest BCUT2D eigenvalue weighted by atomic mass is 9.87. The number of aromatic nitrogens is 2. The number of carboxylic acid groups (broad SMARTS) is 1. The van der Waals surface area contributed by atoms with Crippen molar-refractivity contribution in [3.63, 3.8) is 0 Å². The number of hydrogen-bond acceptors (Lipinski definition) is 5. The van der Waals surface area contributed by atoms with E-state index in [1.807, 2.05) is 31.2 Å². The molecule has 1 unspecified atom stereocenters. The van der Waals surface area contributed by atoms with Crippen molar-refractivity contribution in [1.29, 1.82) is 0 Å². The summed E-state index contributed by atoms with van der Waals surface area (Å²) in [6.45, 7) is 9.85. The van der Waals surface area contributed by atoms with Crippen LogP contribution in [0, 0.1) is 6.92 Å². The number of carbonyl (C=O) groups is 1. The predicted molar refractivity (Wildman–Crippen MR) is 173 cm³/mol. The maximum Gasteiger partial charge on any atom is 0.335 e. The third-order valence-corrected chi connectivity index (χ3v) is 9.89. The van der Waals surface area contributed by atoms with E-state index in [2.05, 4.69) is 20.8 Å². The van der Waals surface area contributed by atoms with Crippen LogP contribution < -0.4 is 5.56 Å². The smallest absolute Gasteiger partial charge is 0.335 e. The van der Waals surface area contributed by atoms with Gasteiger partial charge in [-0.15, -0.1) is 0 Å². The third-order valence-electron chi connectivity index (χ3n) is 7.95. The summed E-state index contributed by atoms with van der Waals surface area (Å²) in [5.41, 5.74) is 3.93. The number of benzene rings is 4. The van der Waals surface area contributed by atoms with E-state index < -0.39 is 22.0 Å². The molecule has 1 heterocycles. The number of carboxylic acids is 1. The van der Waals surface area contributed by atoms with Crippen molar-refractivity contribution < 1.29 is 18.3 Å². The van der Waals surface area contributed by atoms with Gasteiger partial charge in [0.25, 0.3) is 5.56 Å². The Morgan fingerprint density at radius 2 is 1.55 bits per heavy atom. The summed E-state index contributed by atoms with van der Waals surface area (Å²) in [6.07, 6.45) is 0. The van der Waals surface area contributed by atoms with Crippen molar-refractivity contribution in [2.45, 2.75) is 51.0 Å². The van der Waals surface area contributed by atoms with Crippen LogP contribution in [0.1, 0.15) is 61.0 Å². The van der Waals surface area contributed by atoms with Crippen LogP contribution in [0.2, 0.25) is 0 Å². The van der Waals surface area contributed by atoms with Gasteiger partial charge in [-0.1, -0.05) is 68.8 Å². The first kappa shape index (κ1) is 30.8. The number of aryl methyl sites for hydroxylation is 1. The number of nitrogens with zero attached hydrogens (tertiary/aromatic N) is 3. The highest BCUT2D eigenvalue weighted by atomic mass is 32.2. The predicted octanol–water partition coefficient (Wildman–Crippen LogP) is 6.74. The van der Waals surface area contributed by atoms with Gasteiger partial charge in [-0.05, 0) is 84.5 Å². The lowest BCUT2D eigenvalue weighted by Gasteiger charge is -2.27. The topological polar surface area (TPSA) is 110 Å². The summed E-state index contributed by atoms with van der Waals surface area (Å²) in [7, 11) is -2.45. The highest BCUT2D eigenvalue weighted by Crippen LogP contribution is 2.30. The second-order valence-electron chi connectivity index (χ2n) is 12.0. The van der Waals surface area contributed by atoms with Crippen molar-refractivity contribution >= 4 is 26.9 Å². The molecule has 0 bridgehead atoms. The van der Waals surface area contributed by atoms with Gasteiger partial charge in [0.05, 0.1) is 33.1 Å². The molecule has 5 rings (SSSR count). The first-order valence-electron chi connectivity index (χ1n) is 14.2. The van der Waals surface area contributed by atoms with Gasteiger partial charge in [-0.25, -0.2) is 18.2 Å². The molecule has 5 aromatic rings. The van der Waals surface area contributed by atoms with Crippen LogP contribution in [0.5, 0.6) is 0 Å². The number of sulfonamides is 1. The van der Waals surface area contributed by atoms with E-state index in [1.165, 1.54) is 22.0 Å². The first-order valence-corrected chi connectivity index (χ1v) is 15.7. The zero-order chi connectivity index (χ0) is 32.0. The molecule has 0 aliphatic rings. The van der Waals surface area contributed by atoms with Crippen LogP contribution in [0.15, 0.2) is 101 Å². The van der Waals surface area contributed by atoms with Gasteiger partial charge in [0.2, 0.25) is 10.0 Å². The lowest BCUT2D eigenvalue weighted by Crippen LogP contribution is -2.35. The largest absolute Gasteiger partial charge is 0.478 e. The monoisotopic (exact) mass is 609 g/mol. The van der Waals surface area contributed by atoms with Gasteiger partial charge >= 0.3 is 5.97 Å². The average molecular weight is 610 g/mol. The van der Waals surface area contributed by atoms with E-state index in [0.717, 1.165) is 11.1 Å². The van der Waals surface area contributed by atoms with Gasteiger partial charge in [0.1, 0.15) is 5.82 Å². The fraction of sp³-hybridized carbons (Fsp3) is 0.229. The molecule has 1 N–H and O–H groups in total. The molecule has 0 saturated carbocycles. The maximum absolute atomic E-state index is 14.2. The quantitative estimate of drug-likeness (QED) is 0.219. The highest BCUT2D eigenvalue weighted by Gasteiger charge is 2.30. The van der Waals surface area contributed by atoms with Crippen LogP contribution in [-0.2, 0) is 15.4 Å². The Kier molecular flexibility index (Phi) is 8.05. The molecule has 0 spiro atoms. The van der Waals surface area contributed by atoms with Crippen LogP contribution >= 0.6 is 0 Å².